The standard InChI is InChI=1S/C36H54N2O2.C2H4O2.Cr/c1-33(2,3)25-17-23(31(39)27(19-25)35(7,8)9)21-37-29-15-13-14-16-30(29)38-22-24-18-26(34(4,5)6)20-28(32(24)40)36(10,11)12;1-2(3)4;/h17-22,29-30,39-40H,13-16H2,1-12H3;1H3,(H,3,4);/q;;+2/p-1. The summed E-state index contributed by atoms with van der Waals surface area (Å²) in [6.07, 6.45) is 9.25. The number of hydrogen-bond acceptors (Lipinski definition) is 4. The SMILES string of the molecule is CC(=O)[O-].CC(C)(C)c1cc(C=[N+]2[Cr][N+](=Cc3cc(C(C)(C)C)cc(C(C)(C)C)c3O)C3CCCCC32)c(O)c(C(C)(C)C)c1. The summed E-state index contributed by atoms with van der Waals surface area (Å²) in [7, 11) is 0. The molecule has 7 heteroatoms. The molecule has 45 heavy (non-hydrogen) atoms. The van der Waals surface area contributed by atoms with Crippen LogP contribution in [-0.2, 0) is 42.1 Å². The van der Waals surface area contributed by atoms with Gasteiger partial charge in [-0.05, 0) is 6.92 Å². The van der Waals surface area contributed by atoms with Crippen molar-refractivity contribution in [2.75, 3.05) is 0 Å². The van der Waals surface area contributed by atoms with E-state index in [4.69, 9.17) is 9.90 Å². The second-order valence-electron chi connectivity index (χ2n) is 16.9. The molecule has 6 nitrogen and oxygen atoms in total. The summed E-state index contributed by atoms with van der Waals surface area (Å²) in [5.41, 5.74) is 6.01. The number of phenols is 2. The van der Waals surface area contributed by atoms with Gasteiger partial charge in [-0.25, -0.2) is 0 Å². The number of fused-ring (bicyclic) bond motifs is 1. The normalized spacial score (nSPS) is 21.0. The molecule has 2 fully saturated rings. The van der Waals surface area contributed by atoms with Crippen molar-refractivity contribution in [3.63, 3.8) is 0 Å². The van der Waals surface area contributed by atoms with E-state index in [-0.39, 0.29) is 37.3 Å². The third-order valence-corrected chi connectivity index (χ3v) is 10.5. The van der Waals surface area contributed by atoms with Gasteiger partial charge in [0.2, 0.25) is 0 Å². The molecule has 1 saturated carbocycles. The Hall–Kier alpha value is -2.62. The van der Waals surface area contributed by atoms with E-state index < -0.39 is 5.97 Å². The van der Waals surface area contributed by atoms with Gasteiger partial charge in [-0.3, -0.25) is 0 Å². The van der Waals surface area contributed by atoms with E-state index in [1.54, 1.807) is 0 Å². The number of rotatable bonds is 2. The van der Waals surface area contributed by atoms with Crippen molar-refractivity contribution in [2.24, 2.45) is 0 Å². The fourth-order valence-corrected chi connectivity index (χ4v) is 7.94. The number of benzene rings is 2. The number of aromatic hydroxyl groups is 2. The van der Waals surface area contributed by atoms with Crippen LogP contribution < -0.4 is 5.11 Å². The third kappa shape index (κ3) is 9.01. The van der Waals surface area contributed by atoms with Crippen LogP contribution in [0.4, 0.5) is 0 Å². The number of nitrogens with zero attached hydrogens (tertiary/aromatic N) is 2. The van der Waals surface area contributed by atoms with Gasteiger partial charge in [0, 0.05) is 5.97 Å². The first-order valence-corrected chi connectivity index (χ1v) is 17.4. The van der Waals surface area contributed by atoms with Crippen molar-refractivity contribution in [1.29, 1.82) is 0 Å². The van der Waals surface area contributed by atoms with Crippen molar-refractivity contribution in [3.8, 4) is 11.5 Å². The van der Waals surface area contributed by atoms with Crippen LogP contribution in [0.2, 0.25) is 0 Å². The van der Waals surface area contributed by atoms with E-state index in [0.717, 1.165) is 42.0 Å². The minimum absolute atomic E-state index is 0.0117. The average Bonchev–Trinajstić information content (AvgIpc) is 3.20. The van der Waals surface area contributed by atoms with Gasteiger partial charge in [0.05, 0.1) is 0 Å². The fraction of sp³-hybridized carbons (Fsp3) is 0.605. The molecule has 0 aromatic heterocycles. The van der Waals surface area contributed by atoms with E-state index in [9.17, 15) is 10.2 Å². The Morgan fingerprint density at radius 3 is 1.27 bits per heavy atom. The van der Waals surface area contributed by atoms with E-state index in [1.165, 1.54) is 24.0 Å². The molecular formula is C38H57CrN2O4+. The molecule has 0 spiro atoms. The van der Waals surface area contributed by atoms with Gasteiger partial charge in [-0.15, -0.1) is 0 Å². The molecule has 0 amide bonds. The number of carbonyl (C=O) groups is 1. The second-order valence-corrected chi connectivity index (χ2v) is 18.5. The summed E-state index contributed by atoms with van der Waals surface area (Å²) in [5, 5.41) is 31.9. The Morgan fingerprint density at radius 2 is 1.00 bits per heavy atom. The Morgan fingerprint density at radius 1 is 0.689 bits per heavy atom. The molecule has 1 aliphatic heterocycles. The fourth-order valence-electron chi connectivity index (χ4n) is 5.95. The summed E-state index contributed by atoms with van der Waals surface area (Å²) in [4.78, 5) is 8.89. The first-order valence-electron chi connectivity index (χ1n) is 16.3. The van der Waals surface area contributed by atoms with Gasteiger partial charge in [-0.2, -0.15) is 0 Å². The average molecular weight is 658 g/mol. The zero-order valence-corrected chi connectivity index (χ0v) is 31.2. The third-order valence-electron chi connectivity index (χ3n) is 8.70. The quantitative estimate of drug-likeness (QED) is 0.370. The zero-order chi connectivity index (χ0) is 34.3. The first-order chi connectivity index (χ1) is 20.4. The second kappa shape index (κ2) is 13.2. The number of phenolic OH excluding ortho intramolecular Hbond substituents is 2. The van der Waals surface area contributed by atoms with Crippen LogP contribution in [0, 0.1) is 0 Å². The van der Waals surface area contributed by atoms with E-state index in [1.807, 2.05) is 0 Å². The molecule has 2 N–H and O–H groups in total. The first kappa shape index (κ1) is 36.8. The molecule has 1 saturated heterocycles. The Kier molecular flexibility index (Phi) is 10.8. The molecule has 2 aliphatic rings. The molecule has 1 heterocycles. The van der Waals surface area contributed by atoms with Gasteiger partial charge in [0.1, 0.15) is 0 Å². The van der Waals surface area contributed by atoms with E-state index >= 15 is 0 Å². The van der Waals surface area contributed by atoms with Crippen LogP contribution >= 0.6 is 0 Å². The van der Waals surface area contributed by atoms with Crippen LogP contribution in [-0.4, -0.2) is 47.8 Å². The Bertz CT molecular complexity index is 1370. The van der Waals surface area contributed by atoms with Crippen LogP contribution in [0.1, 0.15) is 149 Å². The molecule has 1 aliphatic carbocycles. The molecule has 2 aromatic rings. The monoisotopic (exact) mass is 657 g/mol. The van der Waals surface area contributed by atoms with Gasteiger partial charge in [0.25, 0.3) is 0 Å². The minimum atomic E-state index is -1.08. The molecule has 4 rings (SSSR count). The molecule has 248 valence electrons. The van der Waals surface area contributed by atoms with Crippen molar-refractivity contribution in [1.82, 2.24) is 0 Å². The number of carboxylic acid groups (broad SMARTS) is 1. The Labute approximate surface area is 279 Å². The number of carboxylic acids is 1. The van der Waals surface area contributed by atoms with Crippen LogP contribution in [0.25, 0.3) is 0 Å². The van der Waals surface area contributed by atoms with Crippen LogP contribution in [0.5, 0.6) is 11.5 Å². The Balaban J connectivity index is 0.00000130. The summed E-state index contributed by atoms with van der Waals surface area (Å²) in [6.45, 7) is 27.5. The van der Waals surface area contributed by atoms with Gasteiger partial charge in [0.15, 0.2) is 0 Å². The summed E-state index contributed by atoms with van der Waals surface area (Å²) in [6, 6.07) is 9.60. The van der Waals surface area contributed by atoms with Crippen LogP contribution in [0.3, 0.4) is 0 Å². The van der Waals surface area contributed by atoms with Gasteiger partial charge in [-0.1, -0.05) is 0 Å². The molecular weight excluding hydrogens is 600 g/mol. The van der Waals surface area contributed by atoms with Crippen LogP contribution in [0.15, 0.2) is 24.3 Å². The molecule has 0 radical (unpaired) electrons. The van der Waals surface area contributed by atoms with Gasteiger partial charge >= 0.3 is 257 Å². The van der Waals surface area contributed by atoms with Crippen molar-refractivity contribution in [2.45, 2.75) is 149 Å². The van der Waals surface area contributed by atoms with Crippen molar-refractivity contribution >= 4 is 18.4 Å². The van der Waals surface area contributed by atoms with Gasteiger partial charge < -0.3 is 9.90 Å². The summed E-state index contributed by atoms with van der Waals surface area (Å²) in [5.74, 6) is -0.275. The molecule has 2 unspecified atom stereocenters. The van der Waals surface area contributed by atoms with E-state index in [2.05, 4.69) is 127 Å². The zero-order valence-electron chi connectivity index (χ0n) is 30.0. The number of carbonyl (C=O) groups excluding carboxylic acids is 1. The maximum absolute atomic E-state index is 11.5. The predicted octanol–water partition coefficient (Wildman–Crippen LogP) is 6.84. The summed E-state index contributed by atoms with van der Waals surface area (Å²) < 4.78 is 5.02. The molecule has 2 aromatic carbocycles. The molecule has 2 atom stereocenters. The number of hydrogen-bond donors (Lipinski definition) is 2. The maximum atomic E-state index is 11.5. The predicted molar refractivity (Wildman–Crippen MR) is 179 cm³/mol. The summed E-state index contributed by atoms with van der Waals surface area (Å²) >= 11 is 0.0117. The number of aliphatic carboxylic acids is 1. The van der Waals surface area contributed by atoms with E-state index in [0.29, 0.717) is 23.6 Å². The topological polar surface area (TPSA) is 86.6 Å². The molecule has 0 bridgehead atoms. The van der Waals surface area contributed by atoms with Crippen molar-refractivity contribution < 1.29 is 42.9 Å². The van der Waals surface area contributed by atoms with Crippen molar-refractivity contribution in [3.05, 3.63) is 57.6 Å².